The second-order valence-electron chi connectivity index (χ2n) is 4.45. The summed E-state index contributed by atoms with van der Waals surface area (Å²) in [6, 6.07) is 9.14. The lowest BCUT2D eigenvalue weighted by Crippen LogP contribution is -2.08. The number of nitrogens with zero attached hydrogens (tertiary/aromatic N) is 1. The van der Waals surface area contributed by atoms with E-state index in [2.05, 4.69) is 4.98 Å². The van der Waals surface area contributed by atoms with E-state index in [0.717, 1.165) is 16.7 Å². The predicted molar refractivity (Wildman–Crippen MR) is 73.3 cm³/mol. The number of esters is 1. The second-order valence-corrected chi connectivity index (χ2v) is 4.45. The summed E-state index contributed by atoms with van der Waals surface area (Å²) in [5.74, 6) is -0.258. The van der Waals surface area contributed by atoms with Gasteiger partial charge in [-0.15, -0.1) is 0 Å². The average Bonchev–Trinajstić information content (AvgIpc) is 2.39. The molecule has 0 saturated heterocycles. The first-order valence-corrected chi connectivity index (χ1v) is 6.04. The van der Waals surface area contributed by atoms with E-state index < -0.39 is 0 Å². The Morgan fingerprint density at radius 1 is 1.21 bits per heavy atom. The highest BCUT2D eigenvalue weighted by atomic mass is 16.5. The molecule has 2 aromatic rings. The lowest BCUT2D eigenvalue weighted by molar-refractivity contribution is -0.144. The minimum Gasteiger partial charge on any atom is -0.460 e. The highest BCUT2D eigenvalue weighted by Gasteiger charge is 2.05. The Balaban J connectivity index is 1.86. The molecule has 4 nitrogen and oxygen atoms in total. The smallest absolute Gasteiger partial charge is 0.310 e. The maximum Gasteiger partial charge on any atom is 0.310 e. The van der Waals surface area contributed by atoms with E-state index in [1.165, 1.54) is 0 Å². The molecule has 19 heavy (non-hydrogen) atoms. The Morgan fingerprint density at radius 3 is 2.63 bits per heavy atom. The molecule has 0 saturated carbocycles. The summed E-state index contributed by atoms with van der Waals surface area (Å²) in [5.41, 5.74) is 9.10. The van der Waals surface area contributed by atoms with Crippen molar-refractivity contribution in [2.45, 2.75) is 20.0 Å². The molecular weight excluding hydrogens is 240 g/mol. The Hall–Kier alpha value is -2.36. The van der Waals surface area contributed by atoms with Crippen molar-refractivity contribution in [3.8, 4) is 0 Å². The number of anilines is 1. The molecule has 1 aromatic heterocycles. The van der Waals surface area contributed by atoms with Gasteiger partial charge >= 0.3 is 5.97 Å². The second kappa shape index (κ2) is 6.00. The van der Waals surface area contributed by atoms with E-state index >= 15 is 0 Å². The van der Waals surface area contributed by atoms with Gasteiger partial charge < -0.3 is 10.5 Å². The van der Waals surface area contributed by atoms with Crippen LogP contribution in [0.1, 0.15) is 16.7 Å². The third-order valence-corrected chi connectivity index (χ3v) is 2.66. The van der Waals surface area contributed by atoms with Crippen LogP contribution in [0.3, 0.4) is 0 Å². The van der Waals surface area contributed by atoms with Gasteiger partial charge in [0.1, 0.15) is 6.61 Å². The molecule has 4 heteroatoms. The minimum atomic E-state index is -0.258. The number of ether oxygens (including phenoxy) is 1. The quantitative estimate of drug-likeness (QED) is 0.673. The molecule has 0 radical (unpaired) electrons. The Labute approximate surface area is 112 Å². The number of benzene rings is 1. The molecule has 0 unspecified atom stereocenters. The summed E-state index contributed by atoms with van der Waals surface area (Å²) in [6.07, 6.45) is 3.71. The number of aromatic nitrogens is 1. The SMILES string of the molecule is Cc1cncc(COC(=O)Cc2ccc(N)cc2)c1. The fourth-order valence-corrected chi connectivity index (χ4v) is 1.71. The molecule has 0 bridgehead atoms. The minimum absolute atomic E-state index is 0.250. The van der Waals surface area contributed by atoms with Crippen LogP contribution in [0.25, 0.3) is 0 Å². The number of pyridine rings is 1. The van der Waals surface area contributed by atoms with Crippen molar-refractivity contribution in [3.05, 3.63) is 59.4 Å². The van der Waals surface area contributed by atoms with Crippen LogP contribution in [0.4, 0.5) is 5.69 Å². The van der Waals surface area contributed by atoms with Crippen LogP contribution in [-0.4, -0.2) is 11.0 Å². The molecule has 2 N–H and O–H groups in total. The first-order chi connectivity index (χ1) is 9.13. The number of nitrogens with two attached hydrogens (primary N) is 1. The first kappa shape index (κ1) is 13.1. The molecule has 0 aliphatic carbocycles. The summed E-state index contributed by atoms with van der Waals surface area (Å²) < 4.78 is 5.21. The molecule has 0 aliphatic heterocycles. The first-order valence-electron chi connectivity index (χ1n) is 6.04. The molecule has 1 aromatic carbocycles. The third kappa shape index (κ3) is 4.10. The topological polar surface area (TPSA) is 65.2 Å². The van der Waals surface area contributed by atoms with E-state index in [4.69, 9.17) is 10.5 Å². The Kier molecular flexibility index (Phi) is 4.13. The molecule has 0 aliphatic rings. The maximum atomic E-state index is 11.7. The van der Waals surface area contributed by atoms with E-state index in [0.29, 0.717) is 5.69 Å². The summed E-state index contributed by atoms with van der Waals surface area (Å²) in [6.45, 7) is 2.20. The van der Waals surface area contributed by atoms with E-state index in [-0.39, 0.29) is 19.0 Å². The molecule has 98 valence electrons. The number of hydrogen-bond acceptors (Lipinski definition) is 4. The zero-order chi connectivity index (χ0) is 13.7. The number of carbonyl (C=O) groups excluding carboxylic acids is 1. The average molecular weight is 256 g/mol. The van der Waals surface area contributed by atoms with Crippen LogP contribution in [-0.2, 0) is 22.6 Å². The highest BCUT2D eigenvalue weighted by molar-refractivity contribution is 5.72. The number of rotatable bonds is 4. The molecule has 2 rings (SSSR count). The van der Waals surface area contributed by atoms with E-state index in [1.54, 1.807) is 24.5 Å². The Morgan fingerprint density at radius 2 is 1.95 bits per heavy atom. The number of nitrogen functional groups attached to an aromatic ring is 1. The Bertz CT molecular complexity index is 565. The van der Waals surface area contributed by atoms with Crippen molar-refractivity contribution in [1.29, 1.82) is 0 Å². The van der Waals surface area contributed by atoms with Crippen molar-refractivity contribution in [2.24, 2.45) is 0 Å². The van der Waals surface area contributed by atoms with Crippen molar-refractivity contribution in [1.82, 2.24) is 4.98 Å². The highest BCUT2D eigenvalue weighted by Crippen LogP contribution is 2.08. The zero-order valence-electron chi connectivity index (χ0n) is 10.8. The summed E-state index contributed by atoms with van der Waals surface area (Å²) in [7, 11) is 0. The molecule has 1 heterocycles. The summed E-state index contributed by atoms with van der Waals surface area (Å²) >= 11 is 0. The van der Waals surface area contributed by atoms with E-state index in [1.807, 2.05) is 25.1 Å². The fraction of sp³-hybridized carbons (Fsp3) is 0.200. The molecule has 0 amide bonds. The van der Waals surface area contributed by atoms with Gasteiger partial charge in [-0.05, 0) is 36.2 Å². The van der Waals surface area contributed by atoms with Gasteiger partial charge in [0.05, 0.1) is 6.42 Å². The van der Waals surface area contributed by atoms with Crippen LogP contribution in [0.5, 0.6) is 0 Å². The van der Waals surface area contributed by atoms with Gasteiger partial charge in [0.25, 0.3) is 0 Å². The van der Waals surface area contributed by atoms with Crippen molar-refractivity contribution < 1.29 is 9.53 Å². The van der Waals surface area contributed by atoms with Crippen molar-refractivity contribution in [3.63, 3.8) is 0 Å². The predicted octanol–water partition coefficient (Wildman–Crippen LogP) is 2.26. The van der Waals surface area contributed by atoms with Crippen molar-refractivity contribution in [2.75, 3.05) is 5.73 Å². The van der Waals surface area contributed by atoms with Gasteiger partial charge in [0.15, 0.2) is 0 Å². The lowest BCUT2D eigenvalue weighted by atomic mass is 10.1. The number of aryl methyl sites for hydroxylation is 1. The molecular formula is C15H16N2O2. The summed E-state index contributed by atoms with van der Waals surface area (Å²) in [5, 5.41) is 0. The summed E-state index contributed by atoms with van der Waals surface area (Å²) in [4.78, 5) is 15.7. The lowest BCUT2D eigenvalue weighted by Gasteiger charge is -2.05. The monoisotopic (exact) mass is 256 g/mol. The van der Waals surface area contributed by atoms with Gasteiger partial charge in [-0.1, -0.05) is 12.1 Å². The number of carbonyl (C=O) groups is 1. The standard InChI is InChI=1S/C15H16N2O2/c1-11-6-13(9-17-8-11)10-19-15(18)7-12-2-4-14(16)5-3-12/h2-6,8-9H,7,10,16H2,1H3. The van der Waals surface area contributed by atoms with Crippen LogP contribution >= 0.6 is 0 Å². The van der Waals surface area contributed by atoms with Crippen LogP contribution in [0, 0.1) is 6.92 Å². The zero-order valence-corrected chi connectivity index (χ0v) is 10.8. The van der Waals surface area contributed by atoms with Crippen LogP contribution in [0.15, 0.2) is 42.7 Å². The van der Waals surface area contributed by atoms with Gasteiger partial charge in [0, 0.05) is 23.6 Å². The van der Waals surface area contributed by atoms with Gasteiger partial charge in [-0.2, -0.15) is 0 Å². The van der Waals surface area contributed by atoms with Gasteiger partial charge in [-0.3, -0.25) is 9.78 Å². The van der Waals surface area contributed by atoms with Gasteiger partial charge in [0.2, 0.25) is 0 Å². The van der Waals surface area contributed by atoms with E-state index in [9.17, 15) is 4.79 Å². The van der Waals surface area contributed by atoms with Crippen molar-refractivity contribution >= 4 is 11.7 Å². The van der Waals surface area contributed by atoms with Crippen LogP contribution < -0.4 is 5.73 Å². The molecule has 0 atom stereocenters. The maximum absolute atomic E-state index is 11.7. The largest absolute Gasteiger partial charge is 0.460 e. The normalized spacial score (nSPS) is 10.2. The third-order valence-electron chi connectivity index (χ3n) is 2.66. The van der Waals surface area contributed by atoms with Crippen LogP contribution in [0.2, 0.25) is 0 Å². The fourth-order valence-electron chi connectivity index (χ4n) is 1.71. The molecule has 0 fully saturated rings. The number of hydrogen-bond donors (Lipinski definition) is 1. The molecule has 0 spiro atoms. The van der Waals surface area contributed by atoms with Gasteiger partial charge in [-0.25, -0.2) is 0 Å².